The SMILES string of the molecule is CC(C)C[C@H](NC(=O)[C@H](Cc1ccccc1)NP(=O)(O)CCCCCCCCN)C(=O)O. The van der Waals surface area contributed by atoms with Gasteiger partial charge in [-0.3, -0.25) is 9.36 Å². The molecule has 1 aromatic rings. The second-order valence-electron chi connectivity index (χ2n) is 8.74. The van der Waals surface area contributed by atoms with Crippen LogP contribution in [0.15, 0.2) is 30.3 Å². The number of aliphatic carboxylic acids is 1. The van der Waals surface area contributed by atoms with Crippen molar-refractivity contribution in [2.75, 3.05) is 12.7 Å². The van der Waals surface area contributed by atoms with Crippen LogP contribution in [0.2, 0.25) is 0 Å². The number of carbonyl (C=O) groups excluding carboxylic acids is 1. The Hall–Kier alpha value is -1.73. The zero-order chi connectivity index (χ0) is 24.0. The Morgan fingerprint density at radius 3 is 2.16 bits per heavy atom. The molecule has 0 saturated heterocycles. The van der Waals surface area contributed by atoms with Crippen LogP contribution in [0.1, 0.15) is 64.4 Å². The number of amides is 1. The number of hydrogen-bond acceptors (Lipinski definition) is 4. The molecule has 0 saturated carbocycles. The molecule has 0 aromatic heterocycles. The predicted octanol–water partition coefficient (Wildman–Crippen LogP) is 3.29. The summed E-state index contributed by atoms with van der Waals surface area (Å²) in [7, 11) is -3.77. The molecule has 3 atom stereocenters. The van der Waals surface area contributed by atoms with E-state index in [9.17, 15) is 24.2 Å². The maximum Gasteiger partial charge on any atom is 0.326 e. The van der Waals surface area contributed by atoms with Crippen molar-refractivity contribution in [2.24, 2.45) is 11.7 Å². The second kappa shape index (κ2) is 15.2. The van der Waals surface area contributed by atoms with Gasteiger partial charge < -0.3 is 21.1 Å². The molecule has 0 aliphatic heterocycles. The molecule has 1 rings (SSSR count). The smallest absolute Gasteiger partial charge is 0.326 e. The van der Waals surface area contributed by atoms with Crippen molar-refractivity contribution in [3.8, 4) is 0 Å². The van der Waals surface area contributed by atoms with Crippen molar-refractivity contribution >= 4 is 19.4 Å². The molecular formula is C23H40N3O5P. The van der Waals surface area contributed by atoms with Crippen LogP contribution in [0.4, 0.5) is 0 Å². The van der Waals surface area contributed by atoms with Crippen molar-refractivity contribution in [1.82, 2.24) is 10.4 Å². The second-order valence-corrected chi connectivity index (χ2v) is 10.8. The van der Waals surface area contributed by atoms with Gasteiger partial charge in [-0.05, 0) is 43.7 Å². The topological polar surface area (TPSA) is 142 Å². The summed E-state index contributed by atoms with van der Waals surface area (Å²) in [5, 5.41) is 14.6. The van der Waals surface area contributed by atoms with Crippen LogP contribution in [-0.2, 0) is 20.6 Å². The van der Waals surface area contributed by atoms with Crippen molar-refractivity contribution in [3.63, 3.8) is 0 Å². The summed E-state index contributed by atoms with van der Waals surface area (Å²) in [5.74, 6) is -1.63. The highest BCUT2D eigenvalue weighted by Crippen LogP contribution is 2.37. The fraction of sp³-hybridized carbons (Fsp3) is 0.652. The van der Waals surface area contributed by atoms with Gasteiger partial charge in [-0.25, -0.2) is 9.88 Å². The van der Waals surface area contributed by atoms with Crippen LogP contribution < -0.4 is 16.1 Å². The summed E-state index contributed by atoms with van der Waals surface area (Å²) in [4.78, 5) is 35.0. The summed E-state index contributed by atoms with van der Waals surface area (Å²) < 4.78 is 12.8. The average molecular weight is 470 g/mol. The van der Waals surface area contributed by atoms with Crippen LogP contribution in [0.3, 0.4) is 0 Å². The van der Waals surface area contributed by atoms with Gasteiger partial charge >= 0.3 is 5.97 Å². The Balaban J connectivity index is 2.76. The van der Waals surface area contributed by atoms with Gasteiger partial charge in [0, 0.05) is 6.16 Å². The van der Waals surface area contributed by atoms with E-state index >= 15 is 0 Å². The number of unbranched alkanes of at least 4 members (excludes halogenated alkanes) is 5. The highest BCUT2D eigenvalue weighted by Gasteiger charge is 2.30. The molecule has 8 nitrogen and oxygen atoms in total. The molecule has 0 bridgehead atoms. The lowest BCUT2D eigenvalue weighted by Gasteiger charge is -2.24. The first-order valence-electron chi connectivity index (χ1n) is 11.5. The molecule has 6 N–H and O–H groups in total. The quantitative estimate of drug-likeness (QED) is 0.174. The van der Waals surface area contributed by atoms with Crippen LogP contribution >= 0.6 is 7.52 Å². The Labute approximate surface area is 191 Å². The van der Waals surface area contributed by atoms with E-state index in [1.165, 1.54) is 0 Å². The van der Waals surface area contributed by atoms with Gasteiger partial charge in [0.15, 0.2) is 0 Å². The fourth-order valence-electron chi connectivity index (χ4n) is 3.50. The summed E-state index contributed by atoms with van der Waals surface area (Å²) in [6.45, 7) is 4.43. The zero-order valence-corrected chi connectivity index (χ0v) is 20.2. The number of rotatable bonds is 17. The van der Waals surface area contributed by atoms with Gasteiger partial charge in [0.05, 0.1) is 6.04 Å². The third kappa shape index (κ3) is 12.3. The molecule has 0 aliphatic rings. The average Bonchev–Trinajstić information content (AvgIpc) is 2.72. The molecule has 0 radical (unpaired) electrons. The van der Waals surface area contributed by atoms with Crippen LogP contribution in [-0.4, -0.2) is 46.7 Å². The molecule has 9 heteroatoms. The van der Waals surface area contributed by atoms with E-state index in [0.29, 0.717) is 13.0 Å². The molecule has 1 amide bonds. The lowest BCUT2D eigenvalue weighted by Crippen LogP contribution is -2.50. The van der Waals surface area contributed by atoms with Gasteiger partial charge in [0.25, 0.3) is 7.52 Å². The molecule has 1 unspecified atom stereocenters. The standard InChI is InChI=1S/C23H40N3O5P/c1-18(2)16-21(23(28)29)25-22(27)20(17-19-12-8-7-9-13-19)26-32(30,31)15-11-6-4-3-5-10-14-24/h7-9,12-13,18,20-21H,3-6,10-11,14-17,24H2,1-2H3,(H,25,27)(H,28,29)(H2,26,30,31)/t20-,21-/m0/s1. The highest BCUT2D eigenvalue weighted by atomic mass is 31.2. The Morgan fingerprint density at radius 2 is 1.59 bits per heavy atom. The van der Waals surface area contributed by atoms with Crippen molar-refractivity contribution in [1.29, 1.82) is 0 Å². The summed E-state index contributed by atoms with van der Waals surface area (Å²) >= 11 is 0. The predicted molar refractivity (Wildman–Crippen MR) is 128 cm³/mol. The minimum Gasteiger partial charge on any atom is -0.480 e. The number of hydrogen-bond donors (Lipinski definition) is 5. The lowest BCUT2D eigenvalue weighted by atomic mass is 10.0. The summed E-state index contributed by atoms with van der Waals surface area (Å²) in [5.41, 5.74) is 6.29. The van der Waals surface area contributed by atoms with Crippen molar-refractivity contribution < 1.29 is 24.2 Å². The summed E-state index contributed by atoms with van der Waals surface area (Å²) in [6, 6.07) is 7.10. The first-order valence-corrected chi connectivity index (χ1v) is 13.4. The number of nitrogens with one attached hydrogen (secondary N) is 2. The lowest BCUT2D eigenvalue weighted by molar-refractivity contribution is -0.142. The first-order chi connectivity index (χ1) is 15.1. The molecular weight excluding hydrogens is 429 g/mol. The number of carboxylic acids is 1. The molecule has 32 heavy (non-hydrogen) atoms. The molecule has 1 aromatic carbocycles. The van der Waals surface area contributed by atoms with E-state index in [-0.39, 0.29) is 24.9 Å². The highest BCUT2D eigenvalue weighted by molar-refractivity contribution is 7.55. The monoisotopic (exact) mass is 469 g/mol. The number of carboxylic acid groups (broad SMARTS) is 1. The number of nitrogens with two attached hydrogens (primary N) is 1. The van der Waals surface area contributed by atoms with E-state index in [1.807, 2.05) is 44.2 Å². The maximum atomic E-state index is 12.9. The zero-order valence-electron chi connectivity index (χ0n) is 19.3. The minimum atomic E-state index is -3.77. The van der Waals surface area contributed by atoms with Crippen LogP contribution in [0.5, 0.6) is 0 Å². The molecule has 0 spiro atoms. The van der Waals surface area contributed by atoms with E-state index in [4.69, 9.17) is 5.73 Å². The third-order valence-electron chi connectivity index (χ3n) is 5.19. The van der Waals surface area contributed by atoms with Gasteiger partial charge in [0.2, 0.25) is 5.91 Å². The summed E-state index contributed by atoms with van der Waals surface area (Å²) in [6.07, 6.45) is 6.02. The van der Waals surface area contributed by atoms with Crippen molar-refractivity contribution in [3.05, 3.63) is 35.9 Å². The minimum absolute atomic E-state index is 0.0663. The van der Waals surface area contributed by atoms with Crippen LogP contribution in [0.25, 0.3) is 0 Å². The van der Waals surface area contributed by atoms with Crippen LogP contribution in [0, 0.1) is 5.92 Å². The van der Waals surface area contributed by atoms with Gasteiger partial charge in [-0.15, -0.1) is 0 Å². The molecule has 0 aliphatic carbocycles. The Bertz CT molecular complexity index is 730. The molecule has 182 valence electrons. The van der Waals surface area contributed by atoms with Crippen molar-refractivity contribution in [2.45, 2.75) is 77.3 Å². The molecule has 0 fully saturated rings. The largest absolute Gasteiger partial charge is 0.480 e. The Kier molecular flexibility index (Phi) is 13.4. The van der Waals surface area contributed by atoms with Gasteiger partial charge in [0.1, 0.15) is 6.04 Å². The Morgan fingerprint density at radius 1 is 1.00 bits per heavy atom. The first kappa shape index (κ1) is 28.3. The number of benzene rings is 1. The fourth-order valence-corrected chi connectivity index (χ4v) is 4.97. The normalized spacial score (nSPS) is 15.2. The van der Waals surface area contributed by atoms with E-state index in [1.54, 1.807) is 0 Å². The van der Waals surface area contributed by atoms with Gasteiger partial charge in [-0.2, -0.15) is 0 Å². The molecule has 0 heterocycles. The van der Waals surface area contributed by atoms with Gasteiger partial charge in [-0.1, -0.05) is 69.9 Å². The van der Waals surface area contributed by atoms with E-state index in [0.717, 1.165) is 37.7 Å². The number of carbonyl (C=O) groups is 2. The van der Waals surface area contributed by atoms with E-state index < -0.39 is 31.5 Å². The van der Waals surface area contributed by atoms with E-state index in [2.05, 4.69) is 10.4 Å². The third-order valence-corrected chi connectivity index (χ3v) is 6.83. The maximum absolute atomic E-state index is 12.9.